The van der Waals surface area contributed by atoms with Gasteiger partial charge in [0, 0.05) is 27.5 Å². The Bertz CT molecular complexity index is 1260. The van der Waals surface area contributed by atoms with Crippen LogP contribution in [0.4, 0.5) is 15.8 Å². The Morgan fingerprint density at radius 1 is 1.10 bits per heavy atom. The predicted molar refractivity (Wildman–Crippen MR) is 126 cm³/mol. The van der Waals surface area contributed by atoms with Crippen molar-refractivity contribution >= 4 is 38.7 Å². The van der Waals surface area contributed by atoms with E-state index < -0.39 is 0 Å². The van der Waals surface area contributed by atoms with E-state index in [0.29, 0.717) is 0 Å². The van der Waals surface area contributed by atoms with E-state index in [2.05, 4.69) is 53.5 Å². The average molecular weight is 431 g/mol. The summed E-state index contributed by atoms with van der Waals surface area (Å²) in [4.78, 5) is 16.2. The zero-order chi connectivity index (χ0) is 21.4. The van der Waals surface area contributed by atoms with Crippen molar-refractivity contribution in [2.24, 2.45) is 0 Å². The van der Waals surface area contributed by atoms with E-state index >= 15 is 0 Å². The summed E-state index contributed by atoms with van der Waals surface area (Å²) >= 11 is 1.88. The number of carbonyl (C=O) groups excluding carboxylic acids is 1. The van der Waals surface area contributed by atoms with Crippen LogP contribution in [-0.4, -0.2) is 12.5 Å². The van der Waals surface area contributed by atoms with Crippen LogP contribution in [0.25, 0.3) is 10.1 Å². The fourth-order valence-corrected chi connectivity index (χ4v) is 5.48. The third-order valence-corrected chi connectivity index (χ3v) is 7.17. The minimum atomic E-state index is -0.293. The molecule has 1 aromatic heterocycles. The average Bonchev–Trinajstić information content (AvgIpc) is 3.31. The lowest BCUT2D eigenvalue weighted by molar-refractivity contribution is -0.115. The number of anilines is 2. The summed E-state index contributed by atoms with van der Waals surface area (Å²) in [7, 11) is 0. The molecule has 1 amide bonds. The first-order valence-corrected chi connectivity index (χ1v) is 11.3. The van der Waals surface area contributed by atoms with Gasteiger partial charge in [0.2, 0.25) is 5.91 Å². The lowest BCUT2D eigenvalue weighted by Gasteiger charge is -2.19. The SMILES string of the molecule is Cc1c(CN2CCc3cc(NC(=O)Cc4ccc(F)cc4)ccc32)sc2ccccc12. The van der Waals surface area contributed by atoms with E-state index in [1.807, 2.05) is 17.4 Å². The van der Waals surface area contributed by atoms with Crippen LogP contribution in [-0.2, 0) is 24.2 Å². The van der Waals surface area contributed by atoms with Crippen LogP contribution >= 0.6 is 11.3 Å². The number of hydrogen-bond donors (Lipinski definition) is 1. The molecule has 0 saturated heterocycles. The molecule has 5 rings (SSSR count). The van der Waals surface area contributed by atoms with Crippen LogP contribution in [0, 0.1) is 12.7 Å². The van der Waals surface area contributed by atoms with Crippen LogP contribution in [0.5, 0.6) is 0 Å². The summed E-state index contributed by atoms with van der Waals surface area (Å²) < 4.78 is 14.4. The van der Waals surface area contributed by atoms with Crippen molar-refractivity contribution in [2.75, 3.05) is 16.8 Å². The fraction of sp³-hybridized carbons (Fsp3) is 0.192. The number of aryl methyl sites for hydroxylation is 1. The molecular weight excluding hydrogens is 407 g/mol. The molecule has 0 aliphatic carbocycles. The van der Waals surface area contributed by atoms with E-state index in [0.717, 1.165) is 30.8 Å². The minimum absolute atomic E-state index is 0.0951. The highest BCUT2D eigenvalue weighted by Crippen LogP contribution is 2.36. The molecule has 0 spiro atoms. The second kappa shape index (κ2) is 8.16. The van der Waals surface area contributed by atoms with Crippen LogP contribution in [0.2, 0.25) is 0 Å². The summed E-state index contributed by atoms with van der Waals surface area (Å²) in [6, 6.07) is 20.8. The van der Waals surface area contributed by atoms with Crippen LogP contribution in [0.15, 0.2) is 66.7 Å². The van der Waals surface area contributed by atoms with Gasteiger partial charge in [-0.05, 0) is 71.8 Å². The van der Waals surface area contributed by atoms with Gasteiger partial charge >= 0.3 is 0 Å². The molecule has 31 heavy (non-hydrogen) atoms. The van der Waals surface area contributed by atoms with Crippen LogP contribution in [0.1, 0.15) is 21.6 Å². The van der Waals surface area contributed by atoms with Gasteiger partial charge < -0.3 is 10.2 Å². The highest BCUT2D eigenvalue weighted by Gasteiger charge is 2.21. The molecule has 2 heterocycles. The first kappa shape index (κ1) is 19.8. The molecular formula is C26H23FN2OS. The van der Waals surface area contributed by atoms with Crippen molar-refractivity contribution in [3.63, 3.8) is 0 Å². The Morgan fingerprint density at radius 3 is 2.71 bits per heavy atom. The minimum Gasteiger partial charge on any atom is -0.366 e. The van der Waals surface area contributed by atoms with Crippen molar-refractivity contribution in [3.05, 3.63) is 94.1 Å². The number of rotatable bonds is 5. The Morgan fingerprint density at radius 2 is 1.90 bits per heavy atom. The second-order valence-corrected chi connectivity index (χ2v) is 9.15. The van der Waals surface area contributed by atoms with E-state index in [9.17, 15) is 9.18 Å². The van der Waals surface area contributed by atoms with Crippen LogP contribution in [0.3, 0.4) is 0 Å². The molecule has 4 aromatic rings. The van der Waals surface area contributed by atoms with E-state index in [4.69, 9.17) is 0 Å². The molecule has 0 unspecified atom stereocenters. The molecule has 0 bridgehead atoms. The predicted octanol–water partition coefficient (Wildman–Crippen LogP) is 6.09. The van der Waals surface area contributed by atoms with Crippen molar-refractivity contribution in [1.82, 2.24) is 0 Å². The number of carbonyl (C=O) groups is 1. The number of amides is 1. The quantitative estimate of drug-likeness (QED) is 0.415. The number of thiophene rings is 1. The summed E-state index contributed by atoms with van der Waals surface area (Å²) in [5.74, 6) is -0.388. The van der Waals surface area contributed by atoms with Crippen molar-refractivity contribution in [3.8, 4) is 0 Å². The largest absolute Gasteiger partial charge is 0.366 e. The Balaban J connectivity index is 1.28. The monoisotopic (exact) mass is 430 g/mol. The van der Waals surface area contributed by atoms with Crippen LogP contribution < -0.4 is 10.2 Å². The van der Waals surface area contributed by atoms with Gasteiger partial charge in [-0.1, -0.05) is 30.3 Å². The van der Waals surface area contributed by atoms with E-state index in [-0.39, 0.29) is 18.1 Å². The third kappa shape index (κ3) is 4.06. The number of halogens is 1. The molecule has 156 valence electrons. The standard InChI is InChI=1S/C26H23FN2OS/c1-17-22-4-2-3-5-24(22)31-25(17)16-29-13-12-19-15-21(10-11-23(19)29)28-26(30)14-18-6-8-20(27)9-7-18/h2-11,15H,12-14,16H2,1H3,(H,28,30). The van der Waals surface area contributed by atoms with Gasteiger partial charge in [-0.15, -0.1) is 11.3 Å². The number of benzene rings is 3. The maximum absolute atomic E-state index is 13.0. The third-order valence-electron chi connectivity index (χ3n) is 5.91. The normalized spacial score (nSPS) is 12.9. The summed E-state index contributed by atoms with van der Waals surface area (Å²) in [6.07, 6.45) is 1.20. The molecule has 1 aliphatic heterocycles. The van der Waals surface area contributed by atoms with E-state index in [1.54, 1.807) is 12.1 Å². The maximum atomic E-state index is 13.0. The lowest BCUT2D eigenvalue weighted by Crippen LogP contribution is -2.19. The molecule has 0 saturated carbocycles. The van der Waals surface area contributed by atoms with Gasteiger partial charge in [0.15, 0.2) is 0 Å². The first-order valence-electron chi connectivity index (χ1n) is 10.5. The van der Waals surface area contributed by atoms with Gasteiger partial charge in [-0.2, -0.15) is 0 Å². The fourth-order valence-electron chi connectivity index (χ4n) is 4.25. The molecule has 1 N–H and O–H groups in total. The first-order chi connectivity index (χ1) is 15.1. The van der Waals surface area contributed by atoms with Gasteiger partial charge in [0.05, 0.1) is 13.0 Å². The Labute approximate surface area is 185 Å². The topological polar surface area (TPSA) is 32.3 Å². The Kier molecular flexibility index (Phi) is 5.20. The number of nitrogens with one attached hydrogen (secondary N) is 1. The van der Waals surface area contributed by atoms with Gasteiger partial charge in [0.1, 0.15) is 5.82 Å². The maximum Gasteiger partial charge on any atom is 0.228 e. The summed E-state index contributed by atoms with van der Waals surface area (Å²) in [5.41, 5.74) is 5.49. The Hall–Kier alpha value is -3.18. The molecule has 0 atom stereocenters. The highest BCUT2D eigenvalue weighted by molar-refractivity contribution is 7.19. The van der Waals surface area contributed by atoms with Gasteiger partial charge in [0.25, 0.3) is 0 Å². The van der Waals surface area contributed by atoms with E-state index in [1.165, 1.54) is 43.9 Å². The molecule has 5 heteroatoms. The molecule has 3 aromatic carbocycles. The molecule has 3 nitrogen and oxygen atoms in total. The number of hydrogen-bond acceptors (Lipinski definition) is 3. The zero-order valence-electron chi connectivity index (χ0n) is 17.3. The second-order valence-electron chi connectivity index (χ2n) is 8.01. The van der Waals surface area contributed by atoms with Crippen molar-refractivity contribution < 1.29 is 9.18 Å². The molecule has 0 fully saturated rings. The van der Waals surface area contributed by atoms with Crippen molar-refractivity contribution in [2.45, 2.75) is 26.3 Å². The summed E-state index contributed by atoms with van der Waals surface area (Å²) in [5, 5.41) is 4.33. The number of nitrogens with zero attached hydrogens (tertiary/aromatic N) is 1. The zero-order valence-corrected chi connectivity index (χ0v) is 18.1. The highest BCUT2D eigenvalue weighted by atomic mass is 32.1. The summed E-state index contributed by atoms with van der Waals surface area (Å²) in [6.45, 7) is 4.11. The smallest absolute Gasteiger partial charge is 0.228 e. The van der Waals surface area contributed by atoms with Gasteiger partial charge in [-0.3, -0.25) is 4.79 Å². The lowest BCUT2D eigenvalue weighted by atomic mass is 10.1. The molecule has 0 radical (unpaired) electrons. The number of fused-ring (bicyclic) bond motifs is 2. The van der Waals surface area contributed by atoms with Crippen molar-refractivity contribution in [1.29, 1.82) is 0 Å². The van der Waals surface area contributed by atoms with Gasteiger partial charge in [-0.25, -0.2) is 4.39 Å². The molecule has 1 aliphatic rings.